The van der Waals surface area contributed by atoms with Crippen molar-refractivity contribution < 1.29 is 18.0 Å². The molecule has 3 aliphatic rings. The van der Waals surface area contributed by atoms with Gasteiger partial charge in [0, 0.05) is 52.1 Å². The van der Waals surface area contributed by atoms with Gasteiger partial charge >= 0.3 is 0 Å². The van der Waals surface area contributed by atoms with Crippen LogP contribution in [-0.2, 0) is 19.8 Å². The lowest BCUT2D eigenvalue weighted by Gasteiger charge is -2.39. The number of hydrazone groups is 1. The monoisotopic (exact) mass is 461 g/mol. The van der Waals surface area contributed by atoms with E-state index in [0.29, 0.717) is 30.9 Å². The van der Waals surface area contributed by atoms with Gasteiger partial charge in [-0.15, -0.1) is 0 Å². The number of benzene rings is 1. The van der Waals surface area contributed by atoms with Crippen molar-refractivity contribution in [2.45, 2.75) is 51.0 Å². The van der Waals surface area contributed by atoms with Crippen LogP contribution < -0.4 is 5.01 Å². The number of hydrogen-bond donors (Lipinski definition) is 0. The van der Waals surface area contributed by atoms with Crippen molar-refractivity contribution in [3.05, 3.63) is 30.3 Å². The molecule has 2 fully saturated rings. The van der Waals surface area contributed by atoms with Crippen molar-refractivity contribution >= 4 is 33.4 Å². The highest BCUT2D eigenvalue weighted by Crippen LogP contribution is 2.25. The molecule has 0 spiro atoms. The van der Waals surface area contributed by atoms with Gasteiger partial charge in [-0.05, 0) is 25.0 Å². The van der Waals surface area contributed by atoms with Gasteiger partial charge in [0.15, 0.2) is 0 Å². The molecule has 10 heteroatoms. The fourth-order valence-electron chi connectivity index (χ4n) is 4.60. The molecule has 0 unspecified atom stereocenters. The van der Waals surface area contributed by atoms with Crippen LogP contribution in [0.5, 0.6) is 0 Å². The number of carbonyl (C=O) groups is 2. The Bertz CT molecular complexity index is 967. The van der Waals surface area contributed by atoms with Gasteiger partial charge in [0.05, 0.1) is 5.69 Å². The van der Waals surface area contributed by atoms with E-state index in [1.165, 1.54) is 20.0 Å². The number of hydrogen-bond acceptors (Lipinski definition) is 5. The van der Waals surface area contributed by atoms with Crippen LogP contribution in [0, 0.1) is 0 Å². The minimum Gasteiger partial charge on any atom is -0.335 e. The molecule has 1 aliphatic carbocycles. The zero-order valence-corrected chi connectivity index (χ0v) is 19.3. The summed E-state index contributed by atoms with van der Waals surface area (Å²) < 4.78 is 29.2. The number of rotatable bonds is 5. The number of carbonyl (C=O) groups excluding carboxylic acids is 2. The Labute approximate surface area is 189 Å². The highest BCUT2D eigenvalue weighted by atomic mass is 32.2. The van der Waals surface area contributed by atoms with E-state index in [-0.39, 0.29) is 37.4 Å². The molecule has 0 aromatic heterocycles. The summed E-state index contributed by atoms with van der Waals surface area (Å²) in [6.45, 7) is 1.16. The highest BCUT2D eigenvalue weighted by molar-refractivity contribution is 7.86. The number of nitrogens with zero attached hydrogens (tertiary/aromatic N) is 5. The maximum absolute atomic E-state index is 13.1. The maximum Gasteiger partial charge on any atom is 0.282 e. The molecule has 0 atom stereocenters. The summed E-state index contributed by atoms with van der Waals surface area (Å²) in [6, 6.07) is 9.11. The molecule has 2 amide bonds. The lowest BCUT2D eigenvalue weighted by Crippen LogP contribution is -2.56. The first-order chi connectivity index (χ1) is 15.4. The number of para-hydroxylation sites is 1. The predicted molar refractivity (Wildman–Crippen MR) is 122 cm³/mol. The minimum atomic E-state index is -3.54. The molecule has 0 bridgehead atoms. The second kappa shape index (κ2) is 9.68. The van der Waals surface area contributed by atoms with Gasteiger partial charge in [-0.2, -0.15) is 22.1 Å². The van der Waals surface area contributed by atoms with Crippen molar-refractivity contribution in [3.8, 4) is 0 Å². The van der Waals surface area contributed by atoms with E-state index in [1.54, 1.807) is 24.1 Å². The molecular formula is C22H31N5O4S. The Morgan fingerprint density at radius 1 is 1.00 bits per heavy atom. The fraction of sp³-hybridized carbons (Fsp3) is 0.591. The summed E-state index contributed by atoms with van der Waals surface area (Å²) in [5, 5.41) is 5.62. The molecule has 2 aliphatic heterocycles. The third-order valence-electron chi connectivity index (χ3n) is 6.59. The summed E-state index contributed by atoms with van der Waals surface area (Å²) in [6.07, 6.45) is 5.64. The summed E-state index contributed by atoms with van der Waals surface area (Å²) in [4.78, 5) is 27.0. The molecule has 1 saturated heterocycles. The summed E-state index contributed by atoms with van der Waals surface area (Å²) in [5.74, 6) is -0.370. The average Bonchev–Trinajstić information content (AvgIpc) is 2.84. The summed E-state index contributed by atoms with van der Waals surface area (Å²) >= 11 is 0. The van der Waals surface area contributed by atoms with E-state index in [0.717, 1.165) is 25.7 Å². The Morgan fingerprint density at radius 3 is 2.31 bits per heavy atom. The number of amides is 2. The normalized spacial score (nSPS) is 21.7. The van der Waals surface area contributed by atoms with Crippen molar-refractivity contribution in [2.24, 2.45) is 5.10 Å². The lowest BCUT2D eigenvalue weighted by molar-refractivity contribution is -0.125. The Morgan fingerprint density at radius 2 is 1.66 bits per heavy atom. The van der Waals surface area contributed by atoms with Gasteiger partial charge in [0.25, 0.3) is 16.1 Å². The van der Waals surface area contributed by atoms with Crippen LogP contribution in [0.25, 0.3) is 0 Å². The standard InChI is InChI=1S/C22H31N5O4S/c1-24(18-8-4-2-5-9-18)32(30,31)26-16-14-25(15-17-26)22(29)20-12-13-21(28)27(23-20)19-10-6-3-7-11-19/h3,6-7,10-11,18H,2,4-5,8-9,12-17H2,1H3. The molecule has 0 N–H and O–H groups in total. The molecule has 1 aromatic rings. The fourth-order valence-corrected chi connectivity index (χ4v) is 6.17. The van der Waals surface area contributed by atoms with Crippen molar-refractivity contribution in [3.63, 3.8) is 0 Å². The van der Waals surface area contributed by atoms with Gasteiger partial charge < -0.3 is 4.90 Å². The maximum atomic E-state index is 13.1. The summed E-state index contributed by atoms with van der Waals surface area (Å²) in [7, 11) is -1.87. The molecule has 9 nitrogen and oxygen atoms in total. The third kappa shape index (κ3) is 4.72. The molecule has 1 saturated carbocycles. The lowest BCUT2D eigenvalue weighted by atomic mass is 9.96. The Hall–Kier alpha value is -2.30. The highest BCUT2D eigenvalue weighted by Gasteiger charge is 2.36. The zero-order valence-electron chi connectivity index (χ0n) is 18.5. The topological polar surface area (TPSA) is 93.6 Å². The first kappa shape index (κ1) is 22.9. The zero-order chi connectivity index (χ0) is 22.7. The molecule has 1 aromatic carbocycles. The van der Waals surface area contributed by atoms with Crippen molar-refractivity contribution in [2.75, 3.05) is 38.2 Å². The molecular weight excluding hydrogens is 430 g/mol. The van der Waals surface area contributed by atoms with Crippen molar-refractivity contribution in [1.82, 2.24) is 13.5 Å². The second-order valence-corrected chi connectivity index (χ2v) is 10.6. The van der Waals surface area contributed by atoms with Gasteiger partial charge in [-0.3, -0.25) is 9.59 Å². The Kier molecular flexibility index (Phi) is 6.92. The molecule has 2 heterocycles. The largest absolute Gasteiger partial charge is 0.335 e. The van der Waals surface area contributed by atoms with Gasteiger partial charge in [0.2, 0.25) is 5.91 Å². The Balaban J connectivity index is 1.39. The van der Waals surface area contributed by atoms with E-state index >= 15 is 0 Å². The molecule has 174 valence electrons. The molecule has 32 heavy (non-hydrogen) atoms. The second-order valence-electron chi connectivity index (χ2n) is 8.59. The van der Waals surface area contributed by atoms with E-state index in [1.807, 2.05) is 18.2 Å². The SMILES string of the molecule is CN(C1CCCCC1)S(=O)(=O)N1CCN(C(=O)C2=NN(c3ccccc3)C(=O)CC2)CC1. The number of piperazine rings is 1. The van der Waals surface area contributed by atoms with Crippen LogP contribution in [-0.4, -0.2) is 78.7 Å². The average molecular weight is 462 g/mol. The van der Waals surface area contributed by atoms with Crippen LogP contribution in [0.2, 0.25) is 0 Å². The first-order valence-corrected chi connectivity index (χ1v) is 12.8. The molecule has 4 rings (SSSR count). The first-order valence-electron chi connectivity index (χ1n) is 11.4. The predicted octanol–water partition coefficient (Wildman–Crippen LogP) is 1.82. The summed E-state index contributed by atoms with van der Waals surface area (Å²) in [5.41, 5.74) is 0.966. The smallest absolute Gasteiger partial charge is 0.282 e. The van der Waals surface area contributed by atoms with E-state index in [4.69, 9.17) is 0 Å². The van der Waals surface area contributed by atoms with Crippen molar-refractivity contribution in [1.29, 1.82) is 0 Å². The number of anilines is 1. The quantitative estimate of drug-likeness (QED) is 0.669. The van der Waals surface area contributed by atoms with Gasteiger partial charge in [-0.1, -0.05) is 37.5 Å². The van der Waals surface area contributed by atoms with Crippen LogP contribution in [0.1, 0.15) is 44.9 Å². The van der Waals surface area contributed by atoms with Crippen LogP contribution >= 0.6 is 0 Å². The van der Waals surface area contributed by atoms with Gasteiger partial charge in [-0.25, -0.2) is 5.01 Å². The third-order valence-corrected chi connectivity index (χ3v) is 8.63. The van der Waals surface area contributed by atoms with Gasteiger partial charge in [0.1, 0.15) is 5.71 Å². The van der Waals surface area contributed by atoms with Crippen LogP contribution in [0.15, 0.2) is 35.4 Å². The van der Waals surface area contributed by atoms with Crippen LogP contribution in [0.3, 0.4) is 0 Å². The van der Waals surface area contributed by atoms with E-state index in [2.05, 4.69) is 5.10 Å². The van der Waals surface area contributed by atoms with Crippen LogP contribution in [0.4, 0.5) is 5.69 Å². The van der Waals surface area contributed by atoms with E-state index < -0.39 is 10.2 Å². The minimum absolute atomic E-state index is 0.0616. The van der Waals surface area contributed by atoms with E-state index in [9.17, 15) is 18.0 Å². The molecule has 0 radical (unpaired) electrons.